The monoisotopic (exact) mass is 258 g/mol. The number of ether oxygens (including phenoxy) is 2. The Morgan fingerprint density at radius 1 is 1.11 bits per heavy atom. The van der Waals surface area contributed by atoms with Gasteiger partial charge in [0.25, 0.3) is 0 Å². The summed E-state index contributed by atoms with van der Waals surface area (Å²) in [6.45, 7) is 1.63. The number of halogens is 1. The van der Waals surface area contributed by atoms with Crippen LogP contribution in [0.3, 0.4) is 0 Å². The van der Waals surface area contributed by atoms with Crippen LogP contribution in [-0.4, -0.2) is 12.6 Å². The van der Waals surface area contributed by atoms with Crippen LogP contribution in [0, 0.1) is 5.82 Å². The summed E-state index contributed by atoms with van der Waals surface area (Å²) in [5.74, 6) is 0.767. The largest absolute Gasteiger partial charge is 0.454 e. The molecule has 0 fully saturated rings. The van der Waals surface area contributed by atoms with Crippen molar-refractivity contribution in [3.05, 3.63) is 47.8 Å². The first-order valence-corrected chi connectivity index (χ1v) is 5.85. The normalized spacial score (nSPS) is 12.5. The number of ketones is 1. The van der Waals surface area contributed by atoms with Crippen molar-refractivity contribution in [3.63, 3.8) is 0 Å². The van der Waals surface area contributed by atoms with E-state index in [0.717, 1.165) is 0 Å². The molecule has 0 N–H and O–H groups in total. The molecule has 0 saturated carbocycles. The first kappa shape index (κ1) is 11.7. The molecule has 0 atom stereocenters. The second-order valence-electron chi connectivity index (χ2n) is 4.32. The highest BCUT2D eigenvalue weighted by Crippen LogP contribution is 2.36. The van der Waals surface area contributed by atoms with Crippen molar-refractivity contribution in [1.82, 2.24) is 0 Å². The van der Waals surface area contributed by atoms with Gasteiger partial charge >= 0.3 is 0 Å². The fourth-order valence-electron chi connectivity index (χ4n) is 2.03. The van der Waals surface area contributed by atoms with Gasteiger partial charge in [-0.2, -0.15) is 0 Å². The molecule has 96 valence electrons. The number of fused-ring (bicyclic) bond motifs is 1. The van der Waals surface area contributed by atoms with E-state index in [9.17, 15) is 9.18 Å². The average Bonchev–Trinajstić information content (AvgIpc) is 2.86. The van der Waals surface area contributed by atoms with E-state index in [-0.39, 0.29) is 18.4 Å². The maximum Gasteiger partial charge on any atom is 0.231 e. The molecule has 0 radical (unpaired) electrons. The number of hydrogen-bond donors (Lipinski definition) is 0. The molecule has 0 amide bonds. The summed E-state index contributed by atoms with van der Waals surface area (Å²) in [5, 5.41) is 0. The summed E-state index contributed by atoms with van der Waals surface area (Å²) in [4.78, 5) is 11.4. The topological polar surface area (TPSA) is 35.5 Å². The molecule has 1 aliphatic rings. The minimum atomic E-state index is -0.371. The lowest BCUT2D eigenvalue weighted by molar-refractivity contribution is 0.101. The quantitative estimate of drug-likeness (QED) is 0.774. The van der Waals surface area contributed by atoms with Gasteiger partial charge in [0.1, 0.15) is 5.82 Å². The Bertz CT molecular complexity index is 664. The van der Waals surface area contributed by atoms with Crippen LogP contribution in [0.25, 0.3) is 11.1 Å². The van der Waals surface area contributed by atoms with E-state index >= 15 is 0 Å². The summed E-state index contributed by atoms with van der Waals surface area (Å²) in [6.07, 6.45) is 0. The molecule has 0 spiro atoms. The van der Waals surface area contributed by atoms with Gasteiger partial charge < -0.3 is 9.47 Å². The summed E-state index contributed by atoms with van der Waals surface area (Å²) in [7, 11) is 0. The molecule has 0 aromatic heterocycles. The van der Waals surface area contributed by atoms with Gasteiger partial charge in [-0.05, 0) is 42.8 Å². The van der Waals surface area contributed by atoms with Crippen molar-refractivity contribution in [3.8, 4) is 22.6 Å². The van der Waals surface area contributed by atoms with E-state index in [0.29, 0.717) is 28.2 Å². The molecule has 2 aromatic rings. The molecule has 0 saturated heterocycles. The molecule has 3 nitrogen and oxygen atoms in total. The first-order chi connectivity index (χ1) is 9.15. The highest BCUT2D eigenvalue weighted by atomic mass is 19.1. The second kappa shape index (κ2) is 4.39. The lowest BCUT2D eigenvalue weighted by atomic mass is 10.0. The van der Waals surface area contributed by atoms with Gasteiger partial charge in [-0.15, -0.1) is 0 Å². The Morgan fingerprint density at radius 2 is 1.89 bits per heavy atom. The van der Waals surface area contributed by atoms with E-state index in [2.05, 4.69) is 0 Å². The van der Waals surface area contributed by atoms with E-state index in [1.54, 1.807) is 24.3 Å². The minimum absolute atomic E-state index is 0.0954. The predicted octanol–water partition coefficient (Wildman–Crippen LogP) is 3.42. The number of rotatable bonds is 2. The molecule has 1 heterocycles. The Hall–Kier alpha value is -2.36. The molecule has 0 bridgehead atoms. The number of carbonyl (C=O) groups is 1. The van der Waals surface area contributed by atoms with E-state index < -0.39 is 0 Å². The maximum atomic E-state index is 13.9. The van der Waals surface area contributed by atoms with Crippen LogP contribution in [0.2, 0.25) is 0 Å². The highest BCUT2D eigenvalue weighted by molar-refractivity contribution is 5.95. The summed E-state index contributed by atoms with van der Waals surface area (Å²) < 4.78 is 24.4. The number of hydrogen-bond acceptors (Lipinski definition) is 3. The Labute approximate surface area is 109 Å². The molecule has 0 aliphatic carbocycles. The second-order valence-corrected chi connectivity index (χ2v) is 4.32. The Kier molecular flexibility index (Phi) is 2.71. The van der Waals surface area contributed by atoms with Crippen molar-refractivity contribution >= 4 is 5.78 Å². The van der Waals surface area contributed by atoms with Crippen molar-refractivity contribution in [2.75, 3.05) is 6.79 Å². The van der Waals surface area contributed by atoms with E-state index in [4.69, 9.17) is 9.47 Å². The molecule has 3 rings (SSSR count). The zero-order valence-corrected chi connectivity index (χ0v) is 10.3. The van der Waals surface area contributed by atoms with E-state index in [1.165, 1.54) is 19.1 Å². The maximum absolute atomic E-state index is 13.9. The van der Waals surface area contributed by atoms with Gasteiger partial charge in [0.05, 0.1) is 0 Å². The third-order valence-electron chi connectivity index (χ3n) is 3.06. The van der Waals surface area contributed by atoms with Gasteiger partial charge in [0.2, 0.25) is 6.79 Å². The van der Waals surface area contributed by atoms with Crippen LogP contribution in [0.1, 0.15) is 17.3 Å². The van der Waals surface area contributed by atoms with Crippen molar-refractivity contribution < 1.29 is 18.7 Å². The van der Waals surface area contributed by atoms with Gasteiger partial charge in [-0.1, -0.05) is 6.07 Å². The summed E-state index contributed by atoms with van der Waals surface area (Å²) in [5.41, 5.74) is 1.52. The summed E-state index contributed by atoms with van der Waals surface area (Å²) in [6, 6.07) is 9.53. The number of benzene rings is 2. The zero-order chi connectivity index (χ0) is 13.4. The third kappa shape index (κ3) is 2.05. The minimum Gasteiger partial charge on any atom is -0.454 e. The number of Topliss-reactive ketones (excluding diaryl/α,β-unsaturated/α-hetero) is 1. The van der Waals surface area contributed by atoms with Crippen LogP contribution in [-0.2, 0) is 0 Å². The van der Waals surface area contributed by atoms with Crippen LogP contribution >= 0.6 is 0 Å². The van der Waals surface area contributed by atoms with Gasteiger partial charge in [0, 0.05) is 11.1 Å². The van der Waals surface area contributed by atoms with Crippen molar-refractivity contribution in [1.29, 1.82) is 0 Å². The zero-order valence-electron chi connectivity index (χ0n) is 10.3. The smallest absolute Gasteiger partial charge is 0.231 e. The average molecular weight is 258 g/mol. The lowest BCUT2D eigenvalue weighted by Gasteiger charge is -2.06. The molecule has 0 unspecified atom stereocenters. The van der Waals surface area contributed by atoms with Crippen molar-refractivity contribution in [2.24, 2.45) is 0 Å². The third-order valence-corrected chi connectivity index (χ3v) is 3.06. The molecule has 4 heteroatoms. The van der Waals surface area contributed by atoms with Gasteiger partial charge in [-0.25, -0.2) is 4.39 Å². The van der Waals surface area contributed by atoms with Gasteiger partial charge in [0.15, 0.2) is 17.3 Å². The standard InChI is InChI=1S/C15H11FO3/c1-9(17)10-2-4-13(16)12(6-10)11-3-5-14-15(7-11)19-8-18-14/h2-7H,8H2,1H3. The van der Waals surface area contributed by atoms with Crippen molar-refractivity contribution in [2.45, 2.75) is 6.92 Å². The van der Waals surface area contributed by atoms with Crippen LogP contribution in [0.4, 0.5) is 4.39 Å². The predicted molar refractivity (Wildman–Crippen MR) is 68.0 cm³/mol. The fourth-order valence-corrected chi connectivity index (χ4v) is 2.03. The van der Waals surface area contributed by atoms with Crippen LogP contribution in [0.5, 0.6) is 11.5 Å². The number of carbonyl (C=O) groups excluding carboxylic acids is 1. The molecular weight excluding hydrogens is 247 g/mol. The highest BCUT2D eigenvalue weighted by Gasteiger charge is 2.16. The first-order valence-electron chi connectivity index (χ1n) is 5.85. The Morgan fingerprint density at radius 3 is 2.68 bits per heavy atom. The Balaban J connectivity index is 2.11. The lowest BCUT2D eigenvalue weighted by Crippen LogP contribution is -1.94. The van der Waals surface area contributed by atoms with Crippen LogP contribution < -0.4 is 9.47 Å². The molecule has 19 heavy (non-hydrogen) atoms. The van der Waals surface area contributed by atoms with Crippen LogP contribution in [0.15, 0.2) is 36.4 Å². The fraction of sp³-hybridized carbons (Fsp3) is 0.133. The summed E-state index contributed by atoms with van der Waals surface area (Å²) >= 11 is 0. The van der Waals surface area contributed by atoms with Gasteiger partial charge in [-0.3, -0.25) is 4.79 Å². The molecule has 1 aliphatic heterocycles. The van der Waals surface area contributed by atoms with E-state index in [1.807, 2.05) is 0 Å². The molecule has 2 aromatic carbocycles. The SMILES string of the molecule is CC(=O)c1ccc(F)c(-c2ccc3c(c2)OCO3)c1. The molecular formula is C15H11FO3.